The van der Waals surface area contributed by atoms with Gasteiger partial charge in [0.15, 0.2) is 11.6 Å². The maximum absolute atomic E-state index is 13.8. The van der Waals surface area contributed by atoms with E-state index in [2.05, 4.69) is 14.7 Å². The van der Waals surface area contributed by atoms with Crippen LogP contribution in [-0.2, 0) is 16.6 Å². The second-order valence-corrected chi connectivity index (χ2v) is 8.38. The van der Waals surface area contributed by atoms with Gasteiger partial charge in [-0.25, -0.2) is 22.5 Å². The van der Waals surface area contributed by atoms with E-state index in [1.54, 1.807) is 30.3 Å². The summed E-state index contributed by atoms with van der Waals surface area (Å²) in [7, 11) is -3.81. The fraction of sp³-hybridized carbons (Fsp3) is 0.0909. The number of benzene rings is 2. The highest BCUT2D eigenvalue weighted by Gasteiger charge is 2.18. The minimum Gasteiger partial charge on any atom is -0.436 e. The van der Waals surface area contributed by atoms with Crippen molar-refractivity contribution in [3.63, 3.8) is 0 Å². The van der Waals surface area contributed by atoms with Gasteiger partial charge in [0.1, 0.15) is 4.90 Å². The number of rotatable bonds is 6. The Morgan fingerprint density at radius 1 is 1.03 bits per heavy atom. The molecule has 0 saturated heterocycles. The van der Waals surface area contributed by atoms with Crippen LogP contribution in [0.2, 0.25) is 0 Å². The zero-order chi connectivity index (χ0) is 21.1. The van der Waals surface area contributed by atoms with Crippen LogP contribution < -0.4 is 9.46 Å². The highest BCUT2D eigenvalue weighted by Crippen LogP contribution is 2.24. The molecule has 0 amide bonds. The van der Waals surface area contributed by atoms with Crippen molar-refractivity contribution in [2.24, 2.45) is 0 Å². The van der Waals surface area contributed by atoms with Crippen molar-refractivity contribution in [3.8, 4) is 11.6 Å². The second kappa shape index (κ2) is 8.17. The van der Waals surface area contributed by atoms with E-state index in [0.717, 1.165) is 11.1 Å². The van der Waals surface area contributed by atoms with E-state index in [4.69, 9.17) is 4.74 Å². The van der Waals surface area contributed by atoms with Gasteiger partial charge in [-0.05, 0) is 42.8 Å². The lowest BCUT2D eigenvalue weighted by Crippen LogP contribution is -2.23. The number of halogens is 1. The minimum absolute atomic E-state index is 0.0146. The third-order valence-electron chi connectivity index (χ3n) is 4.43. The zero-order valence-electron chi connectivity index (χ0n) is 16.0. The number of aryl methyl sites for hydroxylation is 1. The van der Waals surface area contributed by atoms with Crippen molar-refractivity contribution < 1.29 is 17.5 Å². The monoisotopic (exact) mass is 423 g/mol. The predicted octanol–water partition coefficient (Wildman–Crippen LogP) is 4.35. The van der Waals surface area contributed by atoms with E-state index >= 15 is 0 Å². The summed E-state index contributed by atoms with van der Waals surface area (Å²) < 4.78 is 47.6. The zero-order valence-corrected chi connectivity index (χ0v) is 16.9. The third-order valence-corrected chi connectivity index (χ3v) is 5.86. The van der Waals surface area contributed by atoms with E-state index in [-0.39, 0.29) is 23.1 Å². The summed E-state index contributed by atoms with van der Waals surface area (Å²) in [5.41, 5.74) is 1.77. The van der Waals surface area contributed by atoms with Crippen LogP contribution in [0.5, 0.6) is 11.6 Å². The molecule has 0 saturated carbocycles. The molecule has 0 aliphatic heterocycles. The molecule has 0 aliphatic rings. The first-order valence-electron chi connectivity index (χ1n) is 9.16. The summed E-state index contributed by atoms with van der Waals surface area (Å²) in [5.74, 6) is -0.302. The molecule has 152 valence electrons. The smallest absolute Gasteiger partial charge is 0.243 e. The van der Waals surface area contributed by atoms with Gasteiger partial charge in [-0.3, -0.25) is 4.98 Å². The molecule has 0 fully saturated rings. The number of aromatic nitrogens is 2. The number of fused-ring (bicyclic) bond motifs is 1. The Morgan fingerprint density at radius 3 is 2.70 bits per heavy atom. The predicted molar refractivity (Wildman–Crippen MR) is 111 cm³/mol. The van der Waals surface area contributed by atoms with E-state index in [1.807, 2.05) is 25.1 Å². The van der Waals surface area contributed by atoms with Gasteiger partial charge in [-0.2, -0.15) is 0 Å². The second-order valence-electron chi connectivity index (χ2n) is 6.64. The Hall–Kier alpha value is -3.36. The van der Waals surface area contributed by atoms with Gasteiger partial charge in [-0.15, -0.1) is 0 Å². The molecule has 4 rings (SSSR count). The normalized spacial score (nSPS) is 11.5. The van der Waals surface area contributed by atoms with E-state index in [1.165, 1.54) is 24.4 Å². The number of ether oxygens (including phenoxy) is 1. The standard InChI is InChI=1S/C22H18FN3O3S/c1-15-9-10-17-5-4-8-20(22(17)26-15)30(27,28)25-14-16-11-12-24-21(13-16)29-19-7-3-2-6-18(19)23/h2-13,25H,14H2,1H3. The Labute approximate surface area is 173 Å². The largest absolute Gasteiger partial charge is 0.436 e. The highest BCUT2D eigenvalue weighted by molar-refractivity contribution is 7.89. The van der Waals surface area contributed by atoms with Crippen molar-refractivity contribution in [3.05, 3.63) is 90.0 Å². The summed E-state index contributed by atoms with van der Waals surface area (Å²) in [6.45, 7) is 1.82. The summed E-state index contributed by atoms with van der Waals surface area (Å²) in [4.78, 5) is 8.55. The Morgan fingerprint density at radius 2 is 1.87 bits per heavy atom. The highest BCUT2D eigenvalue weighted by atomic mass is 32.2. The van der Waals surface area contributed by atoms with Crippen LogP contribution in [0.15, 0.2) is 77.8 Å². The molecule has 30 heavy (non-hydrogen) atoms. The summed E-state index contributed by atoms with van der Waals surface area (Å²) in [5, 5.41) is 0.743. The van der Waals surface area contributed by atoms with E-state index in [0.29, 0.717) is 11.1 Å². The van der Waals surface area contributed by atoms with Crippen molar-refractivity contribution in [1.82, 2.24) is 14.7 Å². The number of hydrogen-bond donors (Lipinski definition) is 1. The van der Waals surface area contributed by atoms with Crippen LogP contribution in [0.1, 0.15) is 11.3 Å². The average molecular weight is 423 g/mol. The number of nitrogens with zero attached hydrogens (tertiary/aromatic N) is 2. The Kier molecular flexibility index (Phi) is 5.43. The van der Waals surface area contributed by atoms with Gasteiger partial charge in [-0.1, -0.05) is 30.3 Å². The van der Waals surface area contributed by atoms with Gasteiger partial charge in [0.2, 0.25) is 15.9 Å². The van der Waals surface area contributed by atoms with Crippen molar-refractivity contribution in [2.75, 3.05) is 0 Å². The molecular weight excluding hydrogens is 405 g/mol. The van der Waals surface area contributed by atoms with Crippen LogP contribution >= 0.6 is 0 Å². The molecule has 0 bridgehead atoms. The van der Waals surface area contributed by atoms with Gasteiger partial charge in [0.05, 0.1) is 5.52 Å². The topological polar surface area (TPSA) is 81.2 Å². The summed E-state index contributed by atoms with van der Waals surface area (Å²) >= 11 is 0. The van der Waals surface area contributed by atoms with Gasteiger partial charge in [0, 0.05) is 29.9 Å². The molecule has 0 spiro atoms. The first-order chi connectivity index (χ1) is 14.4. The molecule has 6 nitrogen and oxygen atoms in total. The molecule has 2 aromatic heterocycles. The van der Waals surface area contributed by atoms with Crippen molar-refractivity contribution in [2.45, 2.75) is 18.4 Å². The lowest BCUT2D eigenvalue weighted by atomic mass is 10.2. The molecule has 0 unspecified atom stereocenters. The van der Waals surface area contributed by atoms with Crippen molar-refractivity contribution >= 4 is 20.9 Å². The van der Waals surface area contributed by atoms with Crippen LogP contribution in [0, 0.1) is 12.7 Å². The molecule has 2 heterocycles. The molecule has 0 aliphatic carbocycles. The summed E-state index contributed by atoms with van der Waals surface area (Å²) in [6, 6.07) is 17.9. The van der Waals surface area contributed by atoms with E-state index in [9.17, 15) is 12.8 Å². The van der Waals surface area contributed by atoms with Crippen LogP contribution in [-0.4, -0.2) is 18.4 Å². The minimum atomic E-state index is -3.81. The fourth-order valence-corrected chi connectivity index (χ4v) is 4.13. The van der Waals surface area contributed by atoms with E-state index < -0.39 is 15.8 Å². The number of nitrogens with one attached hydrogen (secondary N) is 1. The first kappa shape index (κ1) is 19.9. The molecule has 2 aromatic carbocycles. The summed E-state index contributed by atoms with van der Waals surface area (Å²) in [6.07, 6.45) is 1.47. The molecule has 1 N–H and O–H groups in total. The Balaban J connectivity index is 1.55. The van der Waals surface area contributed by atoms with Gasteiger partial charge in [0.25, 0.3) is 0 Å². The molecule has 8 heteroatoms. The third kappa shape index (κ3) is 4.29. The lowest BCUT2D eigenvalue weighted by molar-refractivity contribution is 0.427. The fourth-order valence-electron chi connectivity index (χ4n) is 2.95. The first-order valence-corrected chi connectivity index (χ1v) is 10.6. The lowest BCUT2D eigenvalue weighted by Gasteiger charge is -2.11. The number of hydrogen-bond acceptors (Lipinski definition) is 5. The molecule has 0 atom stereocenters. The van der Waals surface area contributed by atoms with Crippen LogP contribution in [0.3, 0.4) is 0 Å². The SMILES string of the molecule is Cc1ccc2cccc(S(=O)(=O)NCc3ccnc(Oc4ccccc4F)c3)c2n1. The Bertz CT molecular complexity index is 1330. The molecule has 0 radical (unpaired) electrons. The molecular formula is C22H18FN3O3S. The van der Waals surface area contributed by atoms with Crippen LogP contribution in [0.25, 0.3) is 10.9 Å². The van der Waals surface area contributed by atoms with Crippen molar-refractivity contribution in [1.29, 1.82) is 0 Å². The molecule has 4 aromatic rings. The number of pyridine rings is 2. The number of para-hydroxylation sites is 2. The quantitative estimate of drug-likeness (QED) is 0.499. The van der Waals surface area contributed by atoms with Gasteiger partial charge >= 0.3 is 0 Å². The average Bonchev–Trinajstić information content (AvgIpc) is 2.74. The van der Waals surface area contributed by atoms with Crippen LogP contribution in [0.4, 0.5) is 4.39 Å². The maximum atomic E-state index is 13.8. The number of sulfonamides is 1. The maximum Gasteiger partial charge on any atom is 0.243 e. The van der Waals surface area contributed by atoms with Gasteiger partial charge < -0.3 is 4.74 Å².